The molecule has 2 aromatic rings. The average Bonchev–Trinajstić information content (AvgIpc) is 2.99. The number of nitrogens with zero attached hydrogens (tertiary/aromatic N) is 2. The van der Waals surface area contributed by atoms with E-state index in [-0.39, 0.29) is 35.2 Å². The van der Waals surface area contributed by atoms with Gasteiger partial charge in [0.1, 0.15) is 5.75 Å². The molecule has 43 heavy (non-hydrogen) atoms. The minimum atomic E-state index is -4.84. The standard InChI is InChI=1S/C28H35F3N4O7S/c1-41-18-17-34-15-11-27(12-16-34,26(37)33-38)43(39,40)24-7-5-22(6-8-24)35-13-9-20(10-14-35)25(36)32-21-3-2-4-23(19-21)42-28(29,30)31/h2-8,19-20,38H,9-18H2,1H3,(H,32,36)(H,33,37). The van der Waals surface area contributed by atoms with Crippen molar-refractivity contribution in [3.63, 3.8) is 0 Å². The molecule has 3 N–H and O–H groups in total. The minimum Gasteiger partial charge on any atom is -0.406 e. The van der Waals surface area contributed by atoms with E-state index in [0.29, 0.717) is 52.2 Å². The van der Waals surface area contributed by atoms with Crippen molar-refractivity contribution in [1.82, 2.24) is 10.4 Å². The molecule has 4 rings (SSSR count). The van der Waals surface area contributed by atoms with Crippen LogP contribution in [0.2, 0.25) is 0 Å². The third-order valence-corrected chi connectivity index (χ3v) is 10.5. The molecule has 0 unspecified atom stereocenters. The van der Waals surface area contributed by atoms with Crippen molar-refractivity contribution < 1.29 is 45.9 Å². The van der Waals surface area contributed by atoms with Crippen LogP contribution in [0.4, 0.5) is 24.5 Å². The normalized spacial score (nSPS) is 18.2. The molecule has 2 aliphatic heterocycles. The van der Waals surface area contributed by atoms with Gasteiger partial charge in [-0.15, -0.1) is 13.2 Å². The lowest BCUT2D eigenvalue weighted by Crippen LogP contribution is -2.58. The van der Waals surface area contributed by atoms with Crippen LogP contribution in [0, 0.1) is 5.92 Å². The van der Waals surface area contributed by atoms with Crippen LogP contribution in [0.1, 0.15) is 25.7 Å². The number of nitrogens with one attached hydrogen (secondary N) is 2. The summed E-state index contributed by atoms with van der Waals surface area (Å²) in [4.78, 5) is 29.5. The number of amides is 2. The Kier molecular flexibility index (Phi) is 10.2. The second-order valence-electron chi connectivity index (χ2n) is 10.6. The molecule has 2 aliphatic rings. The quantitative estimate of drug-likeness (QED) is 0.268. The highest BCUT2D eigenvalue weighted by atomic mass is 32.2. The highest BCUT2D eigenvalue weighted by molar-refractivity contribution is 7.93. The first-order valence-corrected chi connectivity index (χ1v) is 15.3. The number of likely N-dealkylation sites (tertiary alicyclic amines) is 1. The van der Waals surface area contributed by atoms with Crippen LogP contribution in [-0.2, 0) is 24.2 Å². The van der Waals surface area contributed by atoms with Crippen LogP contribution in [0.3, 0.4) is 0 Å². The second kappa shape index (κ2) is 13.5. The van der Waals surface area contributed by atoms with E-state index in [1.54, 1.807) is 24.7 Å². The number of methoxy groups -OCH3 is 1. The molecule has 15 heteroatoms. The molecule has 0 saturated carbocycles. The lowest BCUT2D eigenvalue weighted by Gasteiger charge is -2.39. The average molecular weight is 629 g/mol. The lowest BCUT2D eigenvalue weighted by molar-refractivity contribution is -0.274. The van der Waals surface area contributed by atoms with Crippen LogP contribution in [-0.4, -0.2) is 87.9 Å². The molecule has 2 amide bonds. The van der Waals surface area contributed by atoms with E-state index in [9.17, 15) is 36.4 Å². The van der Waals surface area contributed by atoms with Crippen molar-refractivity contribution in [2.45, 2.75) is 41.7 Å². The molecule has 0 aromatic heterocycles. The zero-order valence-corrected chi connectivity index (χ0v) is 24.4. The summed E-state index contributed by atoms with van der Waals surface area (Å²) in [5, 5.41) is 12.0. The van der Waals surface area contributed by atoms with E-state index >= 15 is 0 Å². The summed E-state index contributed by atoms with van der Waals surface area (Å²) in [5.41, 5.74) is 2.49. The number of rotatable bonds is 10. The predicted molar refractivity (Wildman–Crippen MR) is 151 cm³/mol. The summed E-state index contributed by atoms with van der Waals surface area (Å²) >= 11 is 0. The molecule has 0 radical (unpaired) electrons. The van der Waals surface area contributed by atoms with Crippen molar-refractivity contribution in [3.05, 3.63) is 48.5 Å². The van der Waals surface area contributed by atoms with E-state index < -0.39 is 32.6 Å². The minimum absolute atomic E-state index is 0.0163. The lowest BCUT2D eigenvalue weighted by atomic mass is 9.95. The SMILES string of the molecule is COCCN1CCC(C(=O)NO)(S(=O)(=O)c2ccc(N3CCC(C(=O)Nc4cccc(OC(F)(F)F)c4)CC3)cc2)CC1. The number of halogens is 3. The molecular weight excluding hydrogens is 593 g/mol. The van der Waals surface area contributed by atoms with Crippen molar-refractivity contribution >= 4 is 33.0 Å². The van der Waals surface area contributed by atoms with Crippen molar-refractivity contribution in [2.75, 3.05) is 56.7 Å². The Labute approximate surface area is 247 Å². The van der Waals surface area contributed by atoms with E-state index in [0.717, 1.165) is 17.8 Å². The number of sulfone groups is 1. The summed E-state index contributed by atoms with van der Waals surface area (Å²) in [6, 6.07) is 11.3. The van der Waals surface area contributed by atoms with Gasteiger partial charge in [0, 0.05) is 63.2 Å². The zero-order chi connectivity index (χ0) is 31.3. The van der Waals surface area contributed by atoms with Crippen molar-refractivity contribution in [3.8, 4) is 5.75 Å². The van der Waals surface area contributed by atoms with Crippen LogP contribution < -0.4 is 20.4 Å². The number of carbonyl (C=O) groups is 2. The highest BCUT2D eigenvalue weighted by Gasteiger charge is 2.53. The Morgan fingerprint density at radius 1 is 1.05 bits per heavy atom. The van der Waals surface area contributed by atoms with Crippen molar-refractivity contribution in [1.29, 1.82) is 0 Å². The number of carbonyl (C=O) groups excluding carboxylic acids is 2. The maximum atomic E-state index is 13.7. The maximum Gasteiger partial charge on any atom is 0.573 e. The fourth-order valence-corrected chi connectivity index (χ4v) is 7.51. The van der Waals surface area contributed by atoms with Gasteiger partial charge in [-0.3, -0.25) is 14.8 Å². The molecule has 2 heterocycles. The molecule has 2 fully saturated rings. The van der Waals surface area contributed by atoms with Crippen LogP contribution in [0.25, 0.3) is 0 Å². The van der Waals surface area contributed by atoms with E-state index in [2.05, 4.69) is 10.1 Å². The maximum absolute atomic E-state index is 13.7. The number of hydroxylamine groups is 1. The van der Waals surface area contributed by atoms with Crippen molar-refractivity contribution in [2.24, 2.45) is 5.92 Å². The number of hydrogen-bond acceptors (Lipinski definition) is 9. The number of benzene rings is 2. The summed E-state index contributed by atoms with van der Waals surface area (Å²) in [6.07, 6.45) is -3.85. The first-order valence-electron chi connectivity index (χ1n) is 13.8. The summed E-state index contributed by atoms with van der Waals surface area (Å²) in [5.74, 6) is -2.07. The Hall–Kier alpha value is -3.40. The number of hydrogen-bond donors (Lipinski definition) is 3. The van der Waals surface area contributed by atoms with E-state index in [1.165, 1.54) is 24.3 Å². The van der Waals surface area contributed by atoms with Gasteiger partial charge in [-0.05, 0) is 62.1 Å². The Morgan fingerprint density at radius 2 is 1.70 bits per heavy atom. The third-order valence-electron chi connectivity index (χ3n) is 8.02. The fraction of sp³-hybridized carbons (Fsp3) is 0.500. The molecule has 0 atom stereocenters. The van der Waals surface area contributed by atoms with Gasteiger partial charge in [0.2, 0.25) is 5.91 Å². The third kappa shape index (κ3) is 7.58. The van der Waals surface area contributed by atoms with E-state index in [1.807, 2.05) is 9.80 Å². The molecular formula is C28H35F3N4O7S. The largest absolute Gasteiger partial charge is 0.573 e. The van der Waals surface area contributed by atoms with Gasteiger partial charge in [-0.2, -0.15) is 0 Å². The zero-order valence-electron chi connectivity index (χ0n) is 23.6. The topological polar surface area (TPSA) is 138 Å². The Morgan fingerprint density at radius 3 is 2.28 bits per heavy atom. The summed E-state index contributed by atoms with van der Waals surface area (Å²) < 4.78 is 72.2. The van der Waals surface area contributed by atoms with Gasteiger partial charge in [-0.25, -0.2) is 13.9 Å². The molecule has 2 saturated heterocycles. The number of alkyl halides is 3. The second-order valence-corrected chi connectivity index (χ2v) is 12.9. The van der Waals surface area contributed by atoms with Gasteiger partial charge in [0.15, 0.2) is 14.6 Å². The van der Waals surface area contributed by atoms with Gasteiger partial charge < -0.3 is 24.6 Å². The molecule has 236 valence electrons. The van der Waals surface area contributed by atoms with Gasteiger partial charge in [0.05, 0.1) is 11.5 Å². The van der Waals surface area contributed by atoms with Crippen LogP contribution in [0.15, 0.2) is 53.4 Å². The smallest absolute Gasteiger partial charge is 0.406 e. The van der Waals surface area contributed by atoms with Gasteiger partial charge in [-0.1, -0.05) is 6.07 Å². The van der Waals surface area contributed by atoms with Gasteiger partial charge in [0.25, 0.3) is 5.91 Å². The monoisotopic (exact) mass is 628 g/mol. The van der Waals surface area contributed by atoms with Crippen LogP contribution in [0.5, 0.6) is 5.75 Å². The first kappa shape index (κ1) is 32.5. The summed E-state index contributed by atoms with van der Waals surface area (Å²) in [6.45, 7) is 2.77. The fourth-order valence-electron chi connectivity index (χ4n) is 5.55. The molecule has 0 spiro atoms. The molecule has 11 nitrogen and oxygen atoms in total. The number of piperidine rings is 2. The van der Waals surface area contributed by atoms with E-state index in [4.69, 9.17) is 4.74 Å². The highest BCUT2D eigenvalue weighted by Crippen LogP contribution is 2.37. The molecule has 0 bridgehead atoms. The Balaban J connectivity index is 1.37. The Bertz CT molecular complexity index is 1370. The molecule has 2 aromatic carbocycles. The van der Waals surface area contributed by atoms with Gasteiger partial charge >= 0.3 is 6.36 Å². The predicted octanol–water partition coefficient (Wildman–Crippen LogP) is 3.20. The number of ether oxygens (including phenoxy) is 2. The summed E-state index contributed by atoms with van der Waals surface area (Å²) in [7, 11) is -2.59. The number of anilines is 2. The first-order chi connectivity index (χ1) is 20.4. The molecule has 0 aliphatic carbocycles. The van der Waals surface area contributed by atoms with Crippen LogP contribution >= 0.6 is 0 Å².